The molecule has 0 unspecified atom stereocenters. The van der Waals surface area contributed by atoms with E-state index in [1.807, 2.05) is 60.0 Å². The molecule has 0 radical (unpaired) electrons. The average Bonchev–Trinajstić information content (AvgIpc) is 3.47. The number of thiophene rings is 1. The number of fused-ring (bicyclic) bond motifs is 2. The largest absolute Gasteiger partial charge is 0.465 e. The summed E-state index contributed by atoms with van der Waals surface area (Å²) >= 11 is 1.60. The fraction of sp³-hybridized carbons (Fsp3) is 0.125. The standard InChI is InChI=1S/C24H18N2O3S/c1-29-24(28)16-8-9-21-15(13-16)10-11-26(21)23(27)18-14-20(22-7-4-12-30-22)25-19-6-3-2-5-17(18)19/h2-9,12-14H,10-11H2,1H3. The normalized spacial score (nSPS) is 12.8. The number of hydrogen-bond acceptors (Lipinski definition) is 5. The van der Waals surface area contributed by atoms with Gasteiger partial charge in [-0.25, -0.2) is 9.78 Å². The molecule has 1 aliphatic rings. The molecule has 0 bridgehead atoms. The van der Waals surface area contributed by atoms with Crippen molar-refractivity contribution in [2.24, 2.45) is 0 Å². The van der Waals surface area contributed by atoms with Crippen molar-refractivity contribution >= 4 is 39.8 Å². The predicted octanol–water partition coefficient (Wildman–Crippen LogP) is 4.95. The summed E-state index contributed by atoms with van der Waals surface area (Å²) in [7, 11) is 1.37. The molecule has 148 valence electrons. The van der Waals surface area contributed by atoms with E-state index in [2.05, 4.69) is 0 Å². The monoisotopic (exact) mass is 414 g/mol. The molecular formula is C24H18N2O3S. The predicted molar refractivity (Wildman–Crippen MR) is 118 cm³/mol. The Balaban J connectivity index is 1.59. The van der Waals surface area contributed by atoms with Crippen LogP contribution in [0.2, 0.25) is 0 Å². The number of benzene rings is 2. The van der Waals surface area contributed by atoms with Crippen LogP contribution in [0.15, 0.2) is 66.0 Å². The smallest absolute Gasteiger partial charge is 0.337 e. The second-order valence-corrected chi connectivity index (χ2v) is 8.04. The van der Waals surface area contributed by atoms with E-state index in [-0.39, 0.29) is 11.9 Å². The number of anilines is 1. The number of esters is 1. The van der Waals surface area contributed by atoms with Crippen molar-refractivity contribution in [1.29, 1.82) is 0 Å². The van der Waals surface area contributed by atoms with Crippen LogP contribution in [-0.4, -0.2) is 30.5 Å². The Kier molecular flexibility index (Phi) is 4.56. The van der Waals surface area contributed by atoms with Gasteiger partial charge in [-0.15, -0.1) is 11.3 Å². The van der Waals surface area contributed by atoms with Crippen molar-refractivity contribution < 1.29 is 14.3 Å². The molecule has 3 heterocycles. The molecule has 30 heavy (non-hydrogen) atoms. The van der Waals surface area contributed by atoms with Gasteiger partial charge in [-0.3, -0.25) is 4.79 Å². The number of rotatable bonds is 3. The average molecular weight is 414 g/mol. The first-order valence-corrected chi connectivity index (χ1v) is 10.5. The molecule has 0 N–H and O–H groups in total. The molecule has 0 aliphatic carbocycles. The van der Waals surface area contributed by atoms with Crippen LogP contribution in [0.3, 0.4) is 0 Å². The Labute approximate surface area is 177 Å². The minimum atomic E-state index is -0.372. The molecule has 4 aromatic rings. The highest BCUT2D eigenvalue weighted by Gasteiger charge is 2.28. The summed E-state index contributed by atoms with van der Waals surface area (Å²) in [5.41, 5.74) is 4.54. The highest BCUT2D eigenvalue weighted by molar-refractivity contribution is 7.13. The molecule has 1 amide bonds. The van der Waals surface area contributed by atoms with E-state index >= 15 is 0 Å². The summed E-state index contributed by atoms with van der Waals surface area (Å²) in [6.07, 6.45) is 0.701. The Morgan fingerprint density at radius 3 is 2.73 bits per heavy atom. The van der Waals surface area contributed by atoms with Crippen LogP contribution < -0.4 is 4.90 Å². The van der Waals surface area contributed by atoms with E-state index in [9.17, 15) is 9.59 Å². The molecule has 1 aliphatic heterocycles. The summed E-state index contributed by atoms with van der Waals surface area (Å²) in [5.74, 6) is -0.431. The van der Waals surface area contributed by atoms with Crippen molar-refractivity contribution in [2.45, 2.75) is 6.42 Å². The van der Waals surface area contributed by atoms with Gasteiger partial charge in [-0.1, -0.05) is 24.3 Å². The summed E-state index contributed by atoms with van der Waals surface area (Å²) in [4.78, 5) is 33.0. The first-order valence-electron chi connectivity index (χ1n) is 9.62. The van der Waals surface area contributed by atoms with Crippen LogP contribution in [-0.2, 0) is 11.2 Å². The van der Waals surface area contributed by atoms with Crippen LogP contribution in [0.5, 0.6) is 0 Å². The van der Waals surface area contributed by atoms with Gasteiger partial charge in [0.25, 0.3) is 5.91 Å². The minimum Gasteiger partial charge on any atom is -0.465 e. The number of amides is 1. The molecule has 6 heteroatoms. The zero-order valence-electron chi connectivity index (χ0n) is 16.3. The fourth-order valence-corrected chi connectivity index (χ4v) is 4.59. The molecular weight excluding hydrogens is 396 g/mol. The van der Waals surface area contributed by atoms with Gasteiger partial charge in [-0.05, 0) is 53.8 Å². The zero-order valence-corrected chi connectivity index (χ0v) is 17.1. The molecule has 2 aromatic carbocycles. The van der Waals surface area contributed by atoms with Gasteiger partial charge in [0.1, 0.15) is 0 Å². The highest BCUT2D eigenvalue weighted by Crippen LogP contribution is 2.33. The lowest BCUT2D eigenvalue weighted by molar-refractivity contribution is 0.0600. The third-order valence-electron chi connectivity index (χ3n) is 5.36. The van der Waals surface area contributed by atoms with E-state index in [1.165, 1.54) is 7.11 Å². The zero-order chi connectivity index (χ0) is 20.7. The molecule has 0 atom stereocenters. The van der Waals surface area contributed by atoms with Gasteiger partial charge >= 0.3 is 5.97 Å². The molecule has 0 spiro atoms. The third kappa shape index (κ3) is 3.06. The maximum Gasteiger partial charge on any atom is 0.337 e. The lowest BCUT2D eigenvalue weighted by Gasteiger charge is -2.19. The number of pyridine rings is 1. The van der Waals surface area contributed by atoms with Crippen molar-refractivity contribution in [3.63, 3.8) is 0 Å². The van der Waals surface area contributed by atoms with Crippen molar-refractivity contribution in [2.75, 3.05) is 18.6 Å². The Bertz CT molecular complexity index is 1280. The van der Waals surface area contributed by atoms with Crippen molar-refractivity contribution in [3.05, 3.63) is 82.7 Å². The Morgan fingerprint density at radius 2 is 1.93 bits per heavy atom. The van der Waals surface area contributed by atoms with Gasteiger partial charge < -0.3 is 9.64 Å². The van der Waals surface area contributed by atoms with Crippen LogP contribution in [0.1, 0.15) is 26.3 Å². The summed E-state index contributed by atoms with van der Waals surface area (Å²) in [6.45, 7) is 0.573. The fourth-order valence-electron chi connectivity index (χ4n) is 3.91. The SMILES string of the molecule is COC(=O)c1ccc2c(c1)CCN2C(=O)c1cc(-c2cccs2)nc2ccccc12. The molecule has 0 fully saturated rings. The molecule has 2 aromatic heterocycles. The summed E-state index contributed by atoms with van der Waals surface area (Å²) in [6, 6.07) is 19.0. The quantitative estimate of drug-likeness (QED) is 0.445. The Hall–Kier alpha value is -3.51. The van der Waals surface area contributed by atoms with Gasteiger partial charge in [0.2, 0.25) is 0 Å². The van der Waals surface area contributed by atoms with E-state index in [4.69, 9.17) is 9.72 Å². The number of hydrogen-bond donors (Lipinski definition) is 0. The minimum absolute atomic E-state index is 0.0593. The highest BCUT2D eigenvalue weighted by atomic mass is 32.1. The second kappa shape index (κ2) is 7.39. The molecule has 5 nitrogen and oxygen atoms in total. The van der Waals surface area contributed by atoms with E-state index in [0.717, 1.165) is 32.7 Å². The summed E-state index contributed by atoms with van der Waals surface area (Å²) < 4.78 is 4.81. The maximum absolute atomic E-state index is 13.6. The van der Waals surface area contributed by atoms with Crippen molar-refractivity contribution in [3.8, 4) is 10.6 Å². The van der Waals surface area contributed by atoms with Crippen molar-refractivity contribution in [1.82, 2.24) is 4.98 Å². The van der Waals surface area contributed by atoms with Crippen LogP contribution in [0, 0.1) is 0 Å². The topological polar surface area (TPSA) is 59.5 Å². The third-order valence-corrected chi connectivity index (χ3v) is 6.25. The number of nitrogens with zero attached hydrogens (tertiary/aromatic N) is 2. The number of aromatic nitrogens is 1. The lowest BCUT2D eigenvalue weighted by Crippen LogP contribution is -2.29. The first kappa shape index (κ1) is 18.5. The van der Waals surface area contributed by atoms with Gasteiger partial charge in [-0.2, -0.15) is 0 Å². The number of ether oxygens (including phenoxy) is 1. The number of para-hydroxylation sites is 1. The van der Waals surface area contributed by atoms with Gasteiger partial charge in [0, 0.05) is 17.6 Å². The molecule has 0 saturated heterocycles. The molecule has 5 rings (SSSR count). The molecule has 0 saturated carbocycles. The number of carbonyl (C=O) groups excluding carboxylic acids is 2. The van der Waals surface area contributed by atoms with Crippen LogP contribution in [0.4, 0.5) is 5.69 Å². The van der Waals surface area contributed by atoms with Gasteiger partial charge in [0.05, 0.1) is 34.3 Å². The van der Waals surface area contributed by atoms with E-state index in [0.29, 0.717) is 24.1 Å². The second-order valence-electron chi connectivity index (χ2n) is 7.09. The summed E-state index contributed by atoms with van der Waals surface area (Å²) in [5, 5.41) is 2.84. The number of methoxy groups -OCH3 is 1. The van der Waals surface area contributed by atoms with E-state index < -0.39 is 0 Å². The van der Waals surface area contributed by atoms with Gasteiger partial charge in [0.15, 0.2) is 0 Å². The van der Waals surface area contributed by atoms with E-state index in [1.54, 1.807) is 22.3 Å². The maximum atomic E-state index is 13.6. The number of carbonyl (C=O) groups is 2. The van der Waals surface area contributed by atoms with Crippen LogP contribution >= 0.6 is 11.3 Å². The lowest BCUT2D eigenvalue weighted by atomic mass is 10.1. The van der Waals surface area contributed by atoms with Crippen LogP contribution in [0.25, 0.3) is 21.5 Å². The Morgan fingerprint density at radius 1 is 1.07 bits per heavy atom. The first-order chi connectivity index (χ1) is 14.7.